The van der Waals surface area contributed by atoms with Crippen LogP contribution in [0, 0.1) is 0 Å². The Bertz CT molecular complexity index is 246. The van der Waals surface area contributed by atoms with Crippen molar-refractivity contribution < 1.29 is 0 Å². The van der Waals surface area contributed by atoms with Crippen molar-refractivity contribution in [2.75, 3.05) is 0 Å². The summed E-state index contributed by atoms with van der Waals surface area (Å²) in [6.07, 6.45) is 0. The van der Waals surface area contributed by atoms with Crippen LogP contribution in [0.2, 0.25) is 0 Å². The zero-order valence-electron chi connectivity index (χ0n) is 6.73. The maximum atomic E-state index is 5.95. The van der Waals surface area contributed by atoms with Crippen LogP contribution in [0.4, 0.5) is 0 Å². The quantitative estimate of drug-likeness (QED) is 0.411. The van der Waals surface area contributed by atoms with Crippen LogP contribution < -0.4 is 0 Å². The Morgan fingerprint density at radius 3 is 0.938 bits per heavy atom. The molecule has 0 N–H and O–H groups in total. The lowest BCUT2D eigenvalue weighted by Crippen LogP contribution is -2.61. The highest BCUT2D eigenvalue weighted by molar-refractivity contribution is 6.80. The highest BCUT2D eigenvalue weighted by Gasteiger charge is 2.71. The second-order valence-corrected chi connectivity index (χ2v) is 10.2. The van der Waals surface area contributed by atoms with Crippen molar-refractivity contribution in [1.29, 1.82) is 0 Å². The van der Waals surface area contributed by atoms with Crippen LogP contribution in [-0.2, 0) is 0 Å². The summed E-state index contributed by atoms with van der Waals surface area (Å²) in [6.45, 7) is 0. The van der Waals surface area contributed by atoms with E-state index in [1.165, 1.54) is 0 Å². The maximum Gasteiger partial charge on any atom is 0.225 e. The van der Waals surface area contributed by atoms with E-state index in [9.17, 15) is 0 Å². The van der Waals surface area contributed by atoms with E-state index in [0.717, 1.165) is 0 Å². The number of hydrogen-bond acceptors (Lipinski definition) is 0. The highest BCUT2D eigenvalue weighted by Crippen LogP contribution is 2.64. The third-order valence-corrected chi connectivity index (χ3v) is 7.16. The zero-order valence-corrected chi connectivity index (χ0v) is 15.1. The van der Waals surface area contributed by atoms with Gasteiger partial charge in [0, 0.05) is 0 Å². The summed E-state index contributed by atoms with van der Waals surface area (Å²) < 4.78 is -6.93. The van der Waals surface area contributed by atoms with Crippen LogP contribution >= 0.6 is 128 Å². The van der Waals surface area contributed by atoms with E-state index >= 15 is 0 Å². The van der Waals surface area contributed by atoms with Crippen molar-refractivity contribution in [3.8, 4) is 0 Å². The fourth-order valence-corrected chi connectivity index (χ4v) is 4.14. The number of hydrogen-bond donors (Lipinski definition) is 0. The molecule has 0 aromatic carbocycles. The third kappa shape index (κ3) is 3.44. The first-order valence-electron chi connectivity index (χ1n) is 3.18. The smallest absolute Gasteiger partial charge is 0.108 e. The standard InChI is InChI=1S/C5HCl11/c6-1(7)2(8,4(11,12)13)3(9,10)5(14,15)16/h1H. The van der Waals surface area contributed by atoms with Gasteiger partial charge in [-0.25, -0.2) is 0 Å². The van der Waals surface area contributed by atoms with Gasteiger partial charge in [0.05, 0.1) is 0 Å². The molecule has 0 aliphatic rings. The van der Waals surface area contributed by atoms with Gasteiger partial charge in [0.1, 0.15) is 4.84 Å². The fourth-order valence-electron chi connectivity index (χ4n) is 0.645. The minimum Gasteiger partial charge on any atom is -0.108 e. The second kappa shape index (κ2) is 5.90. The molecule has 0 rings (SSSR count). The molecule has 1 unspecified atom stereocenters. The molecular weight excluding hydrogens is 450 g/mol. The van der Waals surface area contributed by atoms with Crippen LogP contribution in [0.1, 0.15) is 0 Å². The molecule has 0 aromatic heterocycles. The Kier molecular flexibility index (Phi) is 7.07. The summed E-state index contributed by atoms with van der Waals surface area (Å²) in [6, 6.07) is 0. The van der Waals surface area contributed by atoms with Gasteiger partial charge in [-0.2, -0.15) is 0 Å². The average molecular weight is 451 g/mol. The Morgan fingerprint density at radius 2 is 0.875 bits per heavy atom. The molecule has 0 bridgehead atoms. The summed E-state index contributed by atoms with van der Waals surface area (Å²) in [4.78, 5) is -3.77. The molecule has 0 aliphatic heterocycles. The van der Waals surface area contributed by atoms with Gasteiger partial charge in [0.15, 0.2) is 9.21 Å². The molecular formula is C5HCl11. The molecule has 16 heavy (non-hydrogen) atoms. The monoisotopic (exact) mass is 446 g/mol. The Labute approximate surface area is 148 Å². The largest absolute Gasteiger partial charge is 0.225 e. The molecule has 0 saturated carbocycles. The molecule has 0 aliphatic carbocycles. The second-order valence-electron chi connectivity index (χ2n) is 2.58. The van der Waals surface area contributed by atoms with Crippen molar-refractivity contribution in [2.24, 2.45) is 0 Å². The van der Waals surface area contributed by atoms with Gasteiger partial charge < -0.3 is 0 Å². The van der Waals surface area contributed by atoms with Crippen LogP contribution in [0.15, 0.2) is 0 Å². The van der Waals surface area contributed by atoms with Gasteiger partial charge in [0.25, 0.3) is 0 Å². The van der Waals surface area contributed by atoms with Gasteiger partial charge in [-0.05, 0) is 0 Å². The van der Waals surface area contributed by atoms with E-state index in [0.29, 0.717) is 0 Å². The van der Waals surface area contributed by atoms with Crippen molar-refractivity contribution in [1.82, 2.24) is 0 Å². The highest BCUT2D eigenvalue weighted by atomic mass is 35.6. The van der Waals surface area contributed by atoms with Crippen molar-refractivity contribution in [3.63, 3.8) is 0 Å². The number of halogens is 11. The van der Waals surface area contributed by atoms with Gasteiger partial charge in [-0.15, -0.1) is 34.8 Å². The van der Waals surface area contributed by atoms with E-state index in [4.69, 9.17) is 128 Å². The number of rotatable bonds is 2. The van der Waals surface area contributed by atoms with E-state index in [1.807, 2.05) is 0 Å². The number of alkyl halides is 11. The van der Waals surface area contributed by atoms with Crippen molar-refractivity contribution >= 4 is 128 Å². The molecule has 11 heteroatoms. The van der Waals surface area contributed by atoms with Crippen LogP contribution in [0.5, 0.6) is 0 Å². The molecule has 98 valence electrons. The third-order valence-electron chi connectivity index (χ3n) is 1.53. The van der Waals surface area contributed by atoms with Gasteiger partial charge in [-0.1, -0.05) is 92.8 Å². The minimum atomic E-state index is -2.36. The van der Waals surface area contributed by atoms with Crippen molar-refractivity contribution in [2.45, 2.75) is 21.6 Å². The Hall–Kier alpha value is 3.19. The summed E-state index contributed by atoms with van der Waals surface area (Å²) in [5, 5.41) is 0. The molecule has 0 spiro atoms. The average Bonchev–Trinajstić information content (AvgIpc) is 1.97. The Balaban J connectivity index is 5.75. The fraction of sp³-hybridized carbons (Fsp3) is 1.00. The van der Waals surface area contributed by atoms with Crippen LogP contribution in [0.3, 0.4) is 0 Å². The zero-order chi connectivity index (χ0) is 13.6. The summed E-state index contributed by atoms with van der Waals surface area (Å²) in [7, 11) is 0. The van der Waals surface area contributed by atoms with Gasteiger partial charge >= 0.3 is 0 Å². The molecule has 0 amide bonds. The van der Waals surface area contributed by atoms with Crippen LogP contribution in [-0.4, -0.2) is 21.6 Å². The first kappa shape index (κ1) is 19.2. The first-order chi connectivity index (χ1) is 6.69. The molecule has 0 fully saturated rings. The lowest BCUT2D eigenvalue weighted by molar-refractivity contribution is 0.543. The first-order valence-corrected chi connectivity index (χ1v) is 7.45. The van der Waals surface area contributed by atoms with Gasteiger partial charge in [0.2, 0.25) is 7.59 Å². The summed E-state index contributed by atoms with van der Waals surface area (Å²) >= 11 is 62.2. The SMILES string of the molecule is ClC(Cl)C(Cl)(C(Cl)(Cl)Cl)C(Cl)(Cl)C(Cl)(Cl)Cl. The topological polar surface area (TPSA) is 0 Å². The predicted octanol–water partition coefficient (Wildman–Crippen LogP) is 6.68. The molecule has 0 aromatic rings. The normalized spacial score (nSPS) is 18.8. The van der Waals surface area contributed by atoms with E-state index in [2.05, 4.69) is 0 Å². The molecule has 0 radical (unpaired) electrons. The van der Waals surface area contributed by atoms with Crippen LogP contribution in [0.25, 0.3) is 0 Å². The van der Waals surface area contributed by atoms with Gasteiger partial charge in [-0.3, -0.25) is 0 Å². The molecule has 0 saturated heterocycles. The lowest BCUT2D eigenvalue weighted by Gasteiger charge is -2.46. The predicted molar refractivity (Wildman–Crippen MR) is 79.1 cm³/mol. The summed E-state index contributed by atoms with van der Waals surface area (Å²) in [5.74, 6) is 0. The van der Waals surface area contributed by atoms with E-state index in [1.54, 1.807) is 0 Å². The maximum absolute atomic E-state index is 5.95. The lowest BCUT2D eigenvalue weighted by atomic mass is 10.1. The van der Waals surface area contributed by atoms with Crippen molar-refractivity contribution in [3.05, 3.63) is 0 Å². The van der Waals surface area contributed by atoms with E-state index < -0.39 is 21.6 Å². The molecule has 0 nitrogen and oxygen atoms in total. The molecule has 0 heterocycles. The van der Waals surface area contributed by atoms with E-state index in [-0.39, 0.29) is 0 Å². The summed E-state index contributed by atoms with van der Waals surface area (Å²) in [5.41, 5.74) is 0. The molecule has 1 atom stereocenters. The minimum absolute atomic E-state index is 1.52. The Morgan fingerprint density at radius 1 is 0.562 bits per heavy atom.